The molecule has 1 saturated carbocycles. The van der Waals surface area contributed by atoms with E-state index in [2.05, 4.69) is 0 Å². The summed E-state index contributed by atoms with van der Waals surface area (Å²) in [5, 5.41) is 0. The molecule has 0 aromatic heterocycles. The monoisotopic (exact) mass is 295 g/mol. The normalized spacial score (nSPS) is 26.2. The topological polar surface area (TPSA) is 35.2 Å². The minimum atomic E-state index is -0.591. The number of hydrogen-bond donors (Lipinski definition) is 1. The summed E-state index contributed by atoms with van der Waals surface area (Å²) in [6, 6.07) is 2.19. The van der Waals surface area contributed by atoms with Gasteiger partial charge < -0.3 is 10.5 Å². The fraction of sp³-hybridized carbons (Fsp3) is 0.647. The van der Waals surface area contributed by atoms with Crippen LogP contribution in [-0.2, 0) is 4.74 Å². The largest absolute Gasteiger partial charge is 0.375 e. The summed E-state index contributed by atoms with van der Waals surface area (Å²) >= 11 is 0. The van der Waals surface area contributed by atoms with Crippen molar-refractivity contribution in [3.63, 3.8) is 0 Å². The number of benzene rings is 1. The Kier molecular flexibility index (Phi) is 4.02. The van der Waals surface area contributed by atoms with Crippen LogP contribution in [-0.4, -0.2) is 12.2 Å². The average Bonchev–Trinajstić information content (AvgIpc) is 2.91. The minimum Gasteiger partial charge on any atom is -0.375 e. The summed E-state index contributed by atoms with van der Waals surface area (Å²) in [4.78, 5) is 0. The van der Waals surface area contributed by atoms with Gasteiger partial charge in [-0.25, -0.2) is 8.78 Å². The van der Waals surface area contributed by atoms with Crippen molar-refractivity contribution >= 4 is 0 Å². The van der Waals surface area contributed by atoms with Gasteiger partial charge in [0.15, 0.2) is 0 Å². The molecule has 116 valence electrons. The quantitative estimate of drug-likeness (QED) is 0.894. The van der Waals surface area contributed by atoms with E-state index in [1.807, 2.05) is 0 Å². The summed E-state index contributed by atoms with van der Waals surface area (Å²) in [6.45, 7) is 2.29. The maximum Gasteiger partial charge on any atom is 0.133 e. The van der Waals surface area contributed by atoms with E-state index in [1.165, 1.54) is 25.0 Å². The van der Waals surface area contributed by atoms with Gasteiger partial charge in [0.1, 0.15) is 11.6 Å². The molecule has 1 saturated heterocycles. The van der Waals surface area contributed by atoms with Crippen molar-refractivity contribution in [2.75, 3.05) is 6.61 Å². The molecule has 1 aromatic carbocycles. The van der Waals surface area contributed by atoms with Gasteiger partial charge in [0.2, 0.25) is 0 Å². The Balaban J connectivity index is 1.85. The number of ether oxygens (including phenoxy) is 1. The highest BCUT2D eigenvalue weighted by Gasteiger charge is 2.42. The summed E-state index contributed by atoms with van der Waals surface area (Å²) < 4.78 is 34.3. The third-order valence-electron chi connectivity index (χ3n) is 5.21. The van der Waals surface area contributed by atoms with E-state index in [-0.39, 0.29) is 17.1 Å². The predicted octanol–water partition coefficient (Wildman–Crippen LogP) is 4.01. The molecule has 2 unspecified atom stereocenters. The Labute approximate surface area is 124 Å². The van der Waals surface area contributed by atoms with Crippen molar-refractivity contribution in [2.24, 2.45) is 11.7 Å². The molecule has 0 bridgehead atoms. The minimum absolute atomic E-state index is 0.0510. The van der Waals surface area contributed by atoms with E-state index >= 15 is 0 Å². The molecule has 2 fully saturated rings. The molecule has 0 radical (unpaired) electrons. The number of rotatable bonds is 2. The van der Waals surface area contributed by atoms with Crippen LogP contribution in [0.3, 0.4) is 0 Å². The van der Waals surface area contributed by atoms with Crippen molar-refractivity contribution in [2.45, 2.75) is 57.1 Å². The third kappa shape index (κ3) is 2.71. The Morgan fingerprint density at radius 1 is 1.29 bits per heavy atom. The predicted molar refractivity (Wildman–Crippen MR) is 77.9 cm³/mol. The molecule has 2 atom stereocenters. The van der Waals surface area contributed by atoms with Crippen molar-refractivity contribution in [3.05, 3.63) is 34.9 Å². The van der Waals surface area contributed by atoms with Gasteiger partial charge in [0, 0.05) is 18.2 Å². The second-order valence-electron chi connectivity index (χ2n) is 6.61. The molecule has 21 heavy (non-hydrogen) atoms. The molecule has 0 amide bonds. The second kappa shape index (κ2) is 5.65. The Bertz CT molecular complexity index is 526. The molecule has 1 spiro atoms. The molecule has 2 aliphatic rings. The fourth-order valence-corrected chi connectivity index (χ4v) is 3.96. The molecule has 2 N–H and O–H groups in total. The van der Waals surface area contributed by atoms with Crippen LogP contribution in [0.2, 0.25) is 0 Å². The van der Waals surface area contributed by atoms with E-state index in [0.29, 0.717) is 12.2 Å². The fourth-order valence-electron chi connectivity index (χ4n) is 3.96. The number of hydrogen-bond acceptors (Lipinski definition) is 2. The van der Waals surface area contributed by atoms with Crippen LogP contribution >= 0.6 is 0 Å². The zero-order valence-corrected chi connectivity index (χ0v) is 12.5. The summed E-state index contributed by atoms with van der Waals surface area (Å²) in [6.07, 6.45) is 6.05. The lowest BCUT2D eigenvalue weighted by Gasteiger charge is -2.40. The zero-order chi connectivity index (χ0) is 15.0. The first-order valence-electron chi connectivity index (χ1n) is 7.86. The maximum absolute atomic E-state index is 14.3. The van der Waals surface area contributed by atoms with Crippen LogP contribution in [0.15, 0.2) is 12.1 Å². The first kappa shape index (κ1) is 14.9. The van der Waals surface area contributed by atoms with E-state index in [9.17, 15) is 8.78 Å². The first-order valence-corrected chi connectivity index (χ1v) is 7.86. The van der Waals surface area contributed by atoms with Gasteiger partial charge in [-0.05, 0) is 50.2 Å². The van der Waals surface area contributed by atoms with Crippen LogP contribution < -0.4 is 5.73 Å². The van der Waals surface area contributed by atoms with E-state index in [4.69, 9.17) is 10.5 Å². The number of nitrogens with two attached hydrogens (primary N) is 1. The van der Waals surface area contributed by atoms with Crippen molar-refractivity contribution in [1.29, 1.82) is 0 Å². The maximum atomic E-state index is 14.3. The lowest BCUT2D eigenvalue weighted by Crippen LogP contribution is -2.41. The lowest BCUT2D eigenvalue weighted by atomic mass is 9.78. The highest BCUT2D eigenvalue weighted by atomic mass is 19.1. The Morgan fingerprint density at radius 3 is 2.71 bits per heavy atom. The summed E-state index contributed by atoms with van der Waals surface area (Å²) in [5.41, 5.74) is 6.67. The molecule has 1 aliphatic carbocycles. The molecular formula is C17H23F2NO. The van der Waals surface area contributed by atoms with Crippen molar-refractivity contribution in [1.82, 2.24) is 0 Å². The highest BCUT2D eigenvalue weighted by Crippen LogP contribution is 2.45. The molecule has 2 nitrogen and oxygen atoms in total. The van der Waals surface area contributed by atoms with Crippen LogP contribution in [0, 0.1) is 24.5 Å². The average molecular weight is 295 g/mol. The molecular weight excluding hydrogens is 272 g/mol. The second-order valence-corrected chi connectivity index (χ2v) is 6.61. The third-order valence-corrected chi connectivity index (χ3v) is 5.21. The SMILES string of the molecule is Cc1ccc(F)c(C(N)C2CCOC3(CCCC3)C2)c1F. The van der Waals surface area contributed by atoms with Gasteiger partial charge in [-0.2, -0.15) is 0 Å². The van der Waals surface area contributed by atoms with Crippen LogP contribution in [0.4, 0.5) is 8.78 Å². The van der Waals surface area contributed by atoms with Gasteiger partial charge >= 0.3 is 0 Å². The molecule has 1 aromatic rings. The Morgan fingerprint density at radius 2 is 2.00 bits per heavy atom. The highest BCUT2D eigenvalue weighted by molar-refractivity contribution is 5.29. The van der Waals surface area contributed by atoms with Crippen molar-refractivity contribution < 1.29 is 13.5 Å². The van der Waals surface area contributed by atoms with Gasteiger partial charge in [-0.15, -0.1) is 0 Å². The van der Waals surface area contributed by atoms with E-state index in [1.54, 1.807) is 6.92 Å². The van der Waals surface area contributed by atoms with Gasteiger partial charge in [0.05, 0.1) is 5.60 Å². The van der Waals surface area contributed by atoms with Gasteiger partial charge in [-0.3, -0.25) is 0 Å². The standard InChI is InChI=1S/C17H23F2NO/c1-11-4-5-13(18)14(15(11)19)16(20)12-6-9-21-17(10-12)7-2-3-8-17/h4-5,12,16H,2-3,6-10,20H2,1H3. The summed E-state index contributed by atoms with van der Waals surface area (Å²) in [5.74, 6) is -0.935. The smallest absolute Gasteiger partial charge is 0.133 e. The van der Waals surface area contributed by atoms with Gasteiger partial charge in [0.25, 0.3) is 0 Å². The first-order chi connectivity index (χ1) is 10.0. The van der Waals surface area contributed by atoms with Gasteiger partial charge in [-0.1, -0.05) is 18.9 Å². The van der Waals surface area contributed by atoms with Crippen LogP contribution in [0.1, 0.15) is 55.7 Å². The van der Waals surface area contributed by atoms with E-state index < -0.39 is 17.7 Å². The van der Waals surface area contributed by atoms with Crippen LogP contribution in [0.25, 0.3) is 0 Å². The lowest BCUT2D eigenvalue weighted by molar-refractivity contribution is -0.0966. The molecule has 4 heteroatoms. The van der Waals surface area contributed by atoms with E-state index in [0.717, 1.165) is 25.7 Å². The number of aryl methyl sites for hydroxylation is 1. The molecule has 1 aliphatic heterocycles. The zero-order valence-electron chi connectivity index (χ0n) is 12.5. The van der Waals surface area contributed by atoms with Crippen LogP contribution in [0.5, 0.6) is 0 Å². The molecule has 3 rings (SSSR count). The summed E-state index contributed by atoms with van der Waals surface area (Å²) in [7, 11) is 0. The molecule has 1 heterocycles. The Hall–Kier alpha value is -1.00. The van der Waals surface area contributed by atoms with Crippen molar-refractivity contribution in [3.8, 4) is 0 Å². The number of halogens is 2.